The van der Waals surface area contributed by atoms with Crippen molar-refractivity contribution in [3.05, 3.63) is 48.0 Å². The van der Waals surface area contributed by atoms with Gasteiger partial charge in [0.2, 0.25) is 0 Å². The standard InChI is InChI=1S/C11H14N6O4/c1-11(17-10(21)13(2)7(18)12-17)4-5-15-8(19)14(3)9(20)16(15)6-11/h4-5H,6H2,1-3H3,(H,12,18). The average Bonchev–Trinajstić information content (AvgIpc) is 2.83. The Morgan fingerprint density at radius 2 is 1.71 bits per heavy atom. The van der Waals surface area contributed by atoms with E-state index in [4.69, 9.17) is 0 Å². The lowest BCUT2D eigenvalue weighted by Gasteiger charge is -2.29. The van der Waals surface area contributed by atoms with Crippen LogP contribution in [0.15, 0.2) is 25.3 Å². The Labute approximate surface area is 116 Å². The molecule has 2 aromatic rings. The SMILES string of the molecule is Cn1c(=O)[nH]n(C2(C)C=Cn3c(=O)n(C)c(=O)n3C2)c1=O. The average molecular weight is 294 g/mol. The minimum Gasteiger partial charge on any atom is -0.246 e. The van der Waals surface area contributed by atoms with Crippen molar-refractivity contribution < 1.29 is 0 Å². The Kier molecular flexibility index (Phi) is 2.43. The largest absolute Gasteiger partial charge is 0.351 e. The molecular weight excluding hydrogens is 280 g/mol. The molecule has 0 aromatic carbocycles. The molecule has 0 saturated carbocycles. The molecule has 3 heterocycles. The summed E-state index contributed by atoms with van der Waals surface area (Å²) in [4.78, 5) is 47.5. The summed E-state index contributed by atoms with van der Waals surface area (Å²) >= 11 is 0. The van der Waals surface area contributed by atoms with Crippen LogP contribution >= 0.6 is 0 Å². The van der Waals surface area contributed by atoms with Crippen molar-refractivity contribution in [3.8, 4) is 0 Å². The first kappa shape index (κ1) is 13.2. The van der Waals surface area contributed by atoms with Crippen molar-refractivity contribution in [1.29, 1.82) is 0 Å². The topological polar surface area (TPSA) is 109 Å². The third-order valence-electron chi connectivity index (χ3n) is 3.80. The maximum atomic E-state index is 12.1. The summed E-state index contributed by atoms with van der Waals surface area (Å²) in [6.45, 7) is 1.74. The smallest absolute Gasteiger partial charge is 0.246 e. The Hall–Kier alpha value is -2.78. The zero-order chi connectivity index (χ0) is 15.5. The number of fused-ring (bicyclic) bond motifs is 1. The van der Waals surface area contributed by atoms with Crippen molar-refractivity contribution in [2.45, 2.75) is 19.0 Å². The van der Waals surface area contributed by atoms with Crippen LogP contribution in [0.5, 0.6) is 0 Å². The highest BCUT2D eigenvalue weighted by molar-refractivity contribution is 5.27. The fourth-order valence-corrected chi connectivity index (χ4v) is 2.43. The van der Waals surface area contributed by atoms with Crippen LogP contribution in [0.4, 0.5) is 0 Å². The number of rotatable bonds is 1. The molecule has 0 radical (unpaired) electrons. The van der Waals surface area contributed by atoms with E-state index >= 15 is 0 Å². The van der Waals surface area contributed by atoms with Crippen LogP contribution in [0, 0.1) is 0 Å². The lowest BCUT2D eigenvalue weighted by Crippen LogP contribution is -2.46. The highest BCUT2D eigenvalue weighted by atomic mass is 16.2. The van der Waals surface area contributed by atoms with E-state index in [1.54, 1.807) is 13.0 Å². The summed E-state index contributed by atoms with van der Waals surface area (Å²) in [5.41, 5.74) is -2.96. The van der Waals surface area contributed by atoms with Crippen molar-refractivity contribution in [3.63, 3.8) is 0 Å². The zero-order valence-electron chi connectivity index (χ0n) is 11.7. The van der Waals surface area contributed by atoms with E-state index in [0.29, 0.717) is 0 Å². The summed E-state index contributed by atoms with van der Waals surface area (Å²) in [5.74, 6) is 0. The minimum absolute atomic E-state index is 0.0538. The molecule has 0 saturated heterocycles. The molecule has 10 heteroatoms. The second-order valence-electron chi connectivity index (χ2n) is 5.29. The molecule has 0 amide bonds. The first-order chi connectivity index (χ1) is 9.76. The first-order valence-corrected chi connectivity index (χ1v) is 6.22. The van der Waals surface area contributed by atoms with Gasteiger partial charge in [-0.3, -0.25) is 0 Å². The summed E-state index contributed by atoms with van der Waals surface area (Å²) in [7, 11) is 2.74. The lowest BCUT2D eigenvalue weighted by atomic mass is 10.0. The number of hydrogen-bond acceptors (Lipinski definition) is 4. The van der Waals surface area contributed by atoms with Crippen molar-refractivity contribution >= 4 is 6.20 Å². The van der Waals surface area contributed by atoms with E-state index in [9.17, 15) is 19.2 Å². The Morgan fingerprint density at radius 1 is 1.05 bits per heavy atom. The maximum Gasteiger partial charge on any atom is 0.351 e. The van der Waals surface area contributed by atoms with Gasteiger partial charge in [-0.15, -0.1) is 0 Å². The summed E-state index contributed by atoms with van der Waals surface area (Å²) in [5, 5.41) is 2.45. The van der Waals surface area contributed by atoms with E-state index in [2.05, 4.69) is 5.10 Å². The van der Waals surface area contributed by atoms with Gasteiger partial charge < -0.3 is 0 Å². The number of aromatic nitrogens is 6. The van der Waals surface area contributed by atoms with Gasteiger partial charge in [0.25, 0.3) is 0 Å². The monoisotopic (exact) mass is 294 g/mol. The van der Waals surface area contributed by atoms with Gasteiger partial charge >= 0.3 is 22.8 Å². The van der Waals surface area contributed by atoms with Crippen molar-refractivity contribution in [2.24, 2.45) is 14.1 Å². The molecule has 1 atom stereocenters. The number of aromatic amines is 1. The van der Waals surface area contributed by atoms with Gasteiger partial charge in [0.1, 0.15) is 5.54 Å². The van der Waals surface area contributed by atoms with Crippen molar-refractivity contribution in [1.82, 2.24) is 28.3 Å². The molecule has 0 aliphatic carbocycles. The van der Waals surface area contributed by atoms with E-state index in [0.717, 1.165) is 13.8 Å². The fraction of sp³-hybridized carbons (Fsp3) is 0.455. The van der Waals surface area contributed by atoms with Crippen LogP contribution in [0.25, 0.3) is 6.20 Å². The normalized spacial score (nSPS) is 20.7. The number of hydrogen-bond donors (Lipinski definition) is 1. The molecule has 0 fully saturated rings. The minimum atomic E-state index is -0.949. The Bertz CT molecular complexity index is 990. The lowest BCUT2D eigenvalue weighted by molar-refractivity contribution is 0.268. The third kappa shape index (κ3) is 1.58. The fourth-order valence-electron chi connectivity index (χ4n) is 2.43. The highest BCUT2D eigenvalue weighted by Gasteiger charge is 2.33. The van der Waals surface area contributed by atoms with Crippen LogP contribution in [0.1, 0.15) is 6.92 Å². The van der Waals surface area contributed by atoms with Crippen molar-refractivity contribution in [2.75, 3.05) is 0 Å². The predicted octanol–water partition coefficient (Wildman–Crippen LogP) is -2.56. The zero-order valence-corrected chi connectivity index (χ0v) is 11.7. The van der Waals surface area contributed by atoms with Crippen LogP contribution in [0.2, 0.25) is 0 Å². The Morgan fingerprint density at radius 3 is 2.29 bits per heavy atom. The quantitative estimate of drug-likeness (QED) is 0.624. The van der Waals surface area contributed by atoms with Gasteiger partial charge in [0, 0.05) is 20.3 Å². The number of H-pyrrole nitrogens is 1. The molecule has 0 spiro atoms. The molecule has 1 aliphatic heterocycles. The van der Waals surface area contributed by atoms with Crippen LogP contribution in [-0.4, -0.2) is 28.3 Å². The van der Waals surface area contributed by atoms with E-state index in [1.807, 2.05) is 0 Å². The van der Waals surface area contributed by atoms with E-state index in [1.165, 1.54) is 29.7 Å². The summed E-state index contributed by atoms with van der Waals surface area (Å²) < 4.78 is 5.47. The number of nitrogens with zero attached hydrogens (tertiary/aromatic N) is 5. The molecule has 10 nitrogen and oxygen atoms in total. The molecule has 1 unspecified atom stereocenters. The molecule has 1 N–H and O–H groups in total. The van der Waals surface area contributed by atoms with Gasteiger partial charge in [-0.2, -0.15) is 0 Å². The highest BCUT2D eigenvalue weighted by Crippen LogP contribution is 2.19. The number of nitrogens with one attached hydrogen (secondary N) is 1. The molecule has 3 rings (SSSR count). The van der Waals surface area contributed by atoms with Gasteiger partial charge in [-0.05, 0) is 13.0 Å². The van der Waals surface area contributed by atoms with E-state index < -0.39 is 28.3 Å². The van der Waals surface area contributed by atoms with Crippen LogP contribution < -0.4 is 22.8 Å². The van der Waals surface area contributed by atoms with Crippen LogP contribution in [0.3, 0.4) is 0 Å². The van der Waals surface area contributed by atoms with Gasteiger partial charge in [-0.25, -0.2) is 47.5 Å². The number of allylic oxidation sites excluding steroid dienone is 1. The van der Waals surface area contributed by atoms with Crippen LogP contribution in [-0.2, 0) is 26.2 Å². The molecule has 1 aliphatic rings. The molecular formula is C11H14N6O4. The van der Waals surface area contributed by atoms with Gasteiger partial charge in [0.05, 0.1) is 6.54 Å². The molecule has 112 valence electrons. The van der Waals surface area contributed by atoms with E-state index in [-0.39, 0.29) is 6.54 Å². The summed E-state index contributed by atoms with van der Waals surface area (Å²) in [6, 6.07) is 0. The molecule has 0 bridgehead atoms. The molecule has 2 aromatic heterocycles. The summed E-state index contributed by atoms with van der Waals surface area (Å²) in [6.07, 6.45) is 3.02. The predicted molar refractivity (Wildman–Crippen MR) is 73.2 cm³/mol. The first-order valence-electron chi connectivity index (χ1n) is 6.22. The third-order valence-corrected chi connectivity index (χ3v) is 3.80. The maximum absolute atomic E-state index is 12.1. The van der Waals surface area contributed by atoms with Gasteiger partial charge in [0.15, 0.2) is 0 Å². The Balaban J connectivity index is 2.23. The second kappa shape index (κ2) is 3.87. The molecule has 21 heavy (non-hydrogen) atoms. The van der Waals surface area contributed by atoms with Gasteiger partial charge in [-0.1, -0.05) is 0 Å². The second-order valence-corrected chi connectivity index (χ2v) is 5.29.